The number of hydrogen-bond donors (Lipinski definition) is 1. The van der Waals surface area contributed by atoms with Crippen LogP contribution in [0.5, 0.6) is 0 Å². The first-order chi connectivity index (χ1) is 9.56. The Hall–Kier alpha value is -1.09. The molecule has 0 aliphatic carbocycles. The van der Waals surface area contributed by atoms with Crippen molar-refractivity contribution in [3.8, 4) is 0 Å². The average Bonchev–Trinajstić information content (AvgIpc) is 2.42. The first-order valence-electron chi connectivity index (χ1n) is 7.27. The van der Waals surface area contributed by atoms with Gasteiger partial charge in [0.2, 0.25) is 5.91 Å². The minimum Gasteiger partial charge on any atom is -0.356 e. The van der Waals surface area contributed by atoms with Crippen molar-refractivity contribution >= 4 is 17.5 Å². The molecule has 0 aliphatic rings. The Labute approximate surface area is 125 Å². The fourth-order valence-corrected chi connectivity index (χ4v) is 2.26. The molecule has 0 saturated heterocycles. The number of carbonyl (C=O) groups excluding carboxylic acids is 1. The predicted octanol–water partition coefficient (Wildman–Crippen LogP) is 4.35. The van der Waals surface area contributed by atoms with E-state index in [2.05, 4.69) is 19.2 Å². The molecule has 0 radical (unpaired) electrons. The van der Waals surface area contributed by atoms with Crippen molar-refractivity contribution in [3.05, 3.63) is 34.6 Å². The van der Waals surface area contributed by atoms with Crippen LogP contribution >= 0.6 is 11.6 Å². The van der Waals surface area contributed by atoms with Crippen LogP contribution in [-0.4, -0.2) is 12.5 Å². The largest absolute Gasteiger partial charge is 0.356 e. The lowest BCUT2D eigenvalue weighted by Gasteiger charge is -2.15. The Balaban J connectivity index is 2.43. The van der Waals surface area contributed by atoms with E-state index in [1.807, 2.05) is 0 Å². The van der Waals surface area contributed by atoms with Crippen LogP contribution in [-0.2, 0) is 11.2 Å². The number of carbonyl (C=O) groups is 1. The Bertz CT molecular complexity index is 436. The molecule has 20 heavy (non-hydrogen) atoms. The Morgan fingerprint density at radius 3 is 2.75 bits per heavy atom. The number of nitrogens with one attached hydrogen (secondary N) is 1. The SMILES string of the molecule is CCCC[C@@H](CC)CNC(=O)Cc1ccc(Cl)cc1F. The van der Waals surface area contributed by atoms with Crippen LogP contribution in [0.1, 0.15) is 45.1 Å². The van der Waals surface area contributed by atoms with E-state index in [9.17, 15) is 9.18 Å². The molecule has 1 rings (SSSR count). The summed E-state index contributed by atoms with van der Waals surface area (Å²) in [7, 11) is 0. The van der Waals surface area contributed by atoms with Crippen molar-refractivity contribution in [2.75, 3.05) is 6.54 Å². The van der Waals surface area contributed by atoms with Crippen LogP contribution in [0.15, 0.2) is 18.2 Å². The molecular formula is C16H23ClFNO. The molecule has 0 bridgehead atoms. The van der Waals surface area contributed by atoms with Gasteiger partial charge in [0.25, 0.3) is 0 Å². The summed E-state index contributed by atoms with van der Waals surface area (Å²) >= 11 is 5.68. The maximum atomic E-state index is 13.6. The van der Waals surface area contributed by atoms with Gasteiger partial charge in [0.05, 0.1) is 6.42 Å². The summed E-state index contributed by atoms with van der Waals surface area (Å²) in [5.74, 6) is -0.0548. The molecule has 0 fully saturated rings. The van der Waals surface area contributed by atoms with Gasteiger partial charge in [0.1, 0.15) is 5.82 Å². The molecule has 0 aliphatic heterocycles. The molecule has 112 valence electrons. The van der Waals surface area contributed by atoms with E-state index in [0.717, 1.165) is 12.8 Å². The second-order valence-corrected chi connectivity index (χ2v) is 5.57. The highest BCUT2D eigenvalue weighted by Gasteiger charge is 2.11. The van der Waals surface area contributed by atoms with E-state index in [0.29, 0.717) is 23.0 Å². The molecule has 1 aromatic carbocycles. The van der Waals surface area contributed by atoms with Crippen molar-refractivity contribution in [3.63, 3.8) is 0 Å². The van der Waals surface area contributed by atoms with E-state index in [-0.39, 0.29) is 12.3 Å². The summed E-state index contributed by atoms with van der Waals surface area (Å²) in [6.07, 6.45) is 4.59. The van der Waals surface area contributed by atoms with Crippen molar-refractivity contribution in [1.29, 1.82) is 0 Å². The molecule has 0 saturated carbocycles. The zero-order chi connectivity index (χ0) is 15.0. The van der Waals surface area contributed by atoms with E-state index in [1.54, 1.807) is 12.1 Å². The van der Waals surface area contributed by atoms with Gasteiger partial charge in [-0.3, -0.25) is 4.79 Å². The molecule has 2 nitrogen and oxygen atoms in total. The fourth-order valence-electron chi connectivity index (χ4n) is 2.10. The molecule has 0 spiro atoms. The summed E-state index contributed by atoms with van der Waals surface area (Å²) < 4.78 is 13.6. The van der Waals surface area contributed by atoms with Crippen LogP contribution in [0.25, 0.3) is 0 Å². The quantitative estimate of drug-likeness (QED) is 0.759. The van der Waals surface area contributed by atoms with E-state index >= 15 is 0 Å². The number of amides is 1. The molecule has 0 heterocycles. The molecule has 1 atom stereocenters. The molecular weight excluding hydrogens is 277 g/mol. The van der Waals surface area contributed by atoms with Gasteiger partial charge in [-0.2, -0.15) is 0 Å². The van der Waals surface area contributed by atoms with Crippen LogP contribution in [0.2, 0.25) is 5.02 Å². The van der Waals surface area contributed by atoms with Crippen molar-refractivity contribution in [2.24, 2.45) is 5.92 Å². The molecule has 0 aromatic heterocycles. The average molecular weight is 300 g/mol. The smallest absolute Gasteiger partial charge is 0.224 e. The van der Waals surface area contributed by atoms with Crippen LogP contribution in [0.4, 0.5) is 4.39 Å². The minimum atomic E-state index is -0.425. The third-order valence-electron chi connectivity index (χ3n) is 3.50. The van der Waals surface area contributed by atoms with E-state index in [1.165, 1.54) is 18.9 Å². The second kappa shape index (κ2) is 8.96. The first kappa shape index (κ1) is 17.0. The van der Waals surface area contributed by atoms with Gasteiger partial charge >= 0.3 is 0 Å². The zero-order valence-electron chi connectivity index (χ0n) is 12.2. The Morgan fingerprint density at radius 2 is 2.15 bits per heavy atom. The normalized spacial score (nSPS) is 12.2. The summed E-state index contributed by atoms with van der Waals surface area (Å²) in [6.45, 7) is 4.96. The number of unbranched alkanes of at least 4 members (excludes halogenated alkanes) is 1. The first-order valence-corrected chi connectivity index (χ1v) is 7.65. The second-order valence-electron chi connectivity index (χ2n) is 5.13. The number of rotatable bonds is 8. The van der Waals surface area contributed by atoms with E-state index < -0.39 is 5.82 Å². The lowest BCUT2D eigenvalue weighted by molar-refractivity contribution is -0.120. The van der Waals surface area contributed by atoms with Crippen molar-refractivity contribution in [1.82, 2.24) is 5.32 Å². The molecule has 0 unspecified atom stereocenters. The maximum Gasteiger partial charge on any atom is 0.224 e. The summed E-state index contributed by atoms with van der Waals surface area (Å²) in [5, 5.41) is 3.24. The Kier molecular flexibility index (Phi) is 7.60. The van der Waals surface area contributed by atoms with Gasteiger partial charge < -0.3 is 5.32 Å². The monoisotopic (exact) mass is 299 g/mol. The standard InChI is InChI=1S/C16H23ClFNO/c1-3-5-6-12(4-2)11-19-16(20)9-13-7-8-14(17)10-15(13)18/h7-8,10,12H,3-6,9,11H2,1-2H3,(H,19,20)/t12-/m1/s1. The van der Waals surface area contributed by atoms with Gasteiger partial charge in [0, 0.05) is 11.6 Å². The highest BCUT2D eigenvalue weighted by atomic mass is 35.5. The fraction of sp³-hybridized carbons (Fsp3) is 0.562. The number of benzene rings is 1. The van der Waals surface area contributed by atoms with Gasteiger partial charge in [-0.1, -0.05) is 50.8 Å². The van der Waals surface area contributed by atoms with Crippen LogP contribution in [0.3, 0.4) is 0 Å². The van der Waals surface area contributed by atoms with E-state index in [4.69, 9.17) is 11.6 Å². The molecule has 1 N–H and O–H groups in total. The van der Waals surface area contributed by atoms with Gasteiger partial charge in [-0.25, -0.2) is 4.39 Å². The summed E-state index contributed by atoms with van der Waals surface area (Å²) in [4.78, 5) is 11.8. The van der Waals surface area contributed by atoms with Gasteiger partial charge in [0.15, 0.2) is 0 Å². The Morgan fingerprint density at radius 1 is 1.40 bits per heavy atom. The molecule has 4 heteroatoms. The lowest BCUT2D eigenvalue weighted by atomic mass is 9.99. The van der Waals surface area contributed by atoms with Crippen LogP contribution in [0, 0.1) is 11.7 Å². The highest BCUT2D eigenvalue weighted by Crippen LogP contribution is 2.15. The van der Waals surface area contributed by atoms with Crippen molar-refractivity contribution in [2.45, 2.75) is 46.0 Å². The molecule has 1 amide bonds. The predicted molar refractivity (Wildman–Crippen MR) is 81.4 cm³/mol. The lowest BCUT2D eigenvalue weighted by Crippen LogP contribution is -2.30. The maximum absolute atomic E-state index is 13.6. The third-order valence-corrected chi connectivity index (χ3v) is 3.73. The number of halogens is 2. The van der Waals surface area contributed by atoms with Crippen LogP contribution < -0.4 is 5.32 Å². The number of hydrogen-bond acceptors (Lipinski definition) is 1. The summed E-state index contributed by atoms with van der Waals surface area (Å²) in [5.41, 5.74) is 0.383. The zero-order valence-corrected chi connectivity index (χ0v) is 13.0. The van der Waals surface area contributed by atoms with Gasteiger partial charge in [-0.05, 0) is 30.0 Å². The van der Waals surface area contributed by atoms with Gasteiger partial charge in [-0.15, -0.1) is 0 Å². The summed E-state index contributed by atoms with van der Waals surface area (Å²) in [6, 6.07) is 4.40. The highest BCUT2D eigenvalue weighted by molar-refractivity contribution is 6.30. The molecule has 1 aromatic rings. The minimum absolute atomic E-state index is 0.0627. The third kappa shape index (κ3) is 5.91. The topological polar surface area (TPSA) is 29.1 Å². The van der Waals surface area contributed by atoms with Crippen molar-refractivity contribution < 1.29 is 9.18 Å².